The van der Waals surface area contributed by atoms with Gasteiger partial charge < -0.3 is 9.47 Å². The lowest BCUT2D eigenvalue weighted by Crippen LogP contribution is -2.10. The number of aromatic nitrogens is 2. The SMILES string of the molecule is c1ccc(N(c2ccc(-n3c4cc5sc6ccccc6c5cc4c4ncccc43)cc2)c2ccc3ccccc3c2)cc1. The third-order valence-electron chi connectivity index (χ3n) is 8.39. The van der Waals surface area contributed by atoms with Crippen LogP contribution >= 0.6 is 11.3 Å². The normalized spacial score (nSPS) is 11.7. The van der Waals surface area contributed by atoms with E-state index in [-0.39, 0.29) is 0 Å². The first-order valence-corrected chi connectivity index (χ1v) is 15.3. The van der Waals surface area contributed by atoms with Crippen LogP contribution in [0.15, 0.2) is 152 Å². The number of benzene rings is 6. The monoisotopic (exact) mass is 567 g/mol. The fourth-order valence-electron chi connectivity index (χ4n) is 6.42. The largest absolute Gasteiger partial charge is 0.310 e. The van der Waals surface area contributed by atoms with E-state index >= 15 is 0 Å². The van der Waals surface area contributed by atoms with Gasteiger partial charge in [-0.2, -0.15) is 0 Å². The molecule has 0 fully saturated rings. The van der Waals surface area contributed by atoms with E-state index in [4.69, 9.17) is 4.98 Å². The third kappa shape index (κ3) is 3.84. The summed E-state index contributed by atoms with van der Waals surface area (Å²) in [5, 5.41) is 6.24. The second-order valence-electron chi connectivity index (χ2n) is 10.9. The minimum atomic E-state index is 1.03. The summed E-state index contributed by atoms with van der Waals surface area (Å²) in [5.74, 6) is 0. The Morgan fingerprint density at radius 1 is 0.488 bits per heavy atom. The van der Waals surface area contributed by atoms with E-state index in [1.54, 1.807) is 0 Å². The molecule has 3 aromatic heterocycles. The number of hydrogen-bond acceptors (Lipinski definition) is 3. The molecule has 0 saturated carbocycles. The van der Waals surface area contributed by atoms with Crippen LogP contribution in [-0.2, 0) is 0 Å². The maximum absolute atomic E-state index is 4.85. The van der Waals surface area contributed by atoms with Gasteiger partial charge >= 0.3 is 0 Å². The molecule has 0 atom stereocenters. The van der Waals surface area contributed by atoms with Gasteiger partial charge in [0.05, 0.1) is 16.6 Å². The average Bonchev–Trinajstić information content (AvgIpc) is 3.59. The zero-order chi connectivity index (χ0) is 28.3. The molecule has 0 spiro atoms. The summed E-state index contributed by atoms with van der Waals surface area (Å²) >= 11 is 1.85. The molecule has 0 unspecified atom stereocenters. The highest BCUT2D eigenvalue weighted by Crippen LogP contribution is 2.41. The van der Waals surface area contributed by atoms with Crippen LogP contribution in [0.25, 0.3) is 58.6 Å². The van der Waals surface area contributed by atoms with Gasteiger partial charge in [0, 0.05) is 54.5 Å². The van der Waals surface area contributed by atoms with E-state index < -0.39 is 0 Å². The summed E-state index contributed by atoms with van der Waals surface area (Å²) in [4.78, 5) is 7.17. The van der Waals surface area contributed by atoms with Crippen molar-refractivity contribution in [2.24, 2.45) is 0 Å². The molecule has 3 heterocycles. The second kappa shape index (κ2) is 9.55. The molecule has 0 aliphatic heterocycles. The molecule has 43 heavy (non-hydrogen) atoms. The number of hydrogen-bond donors (Lipinski definition) is 0. The number of para-hydroxylation sites is 1. The summed E-state index contributed by atoms with van der Waals surface area (Å²) in [6.45, 7) is 0. The minimum absolute atomic E-state index is 1.03. The van der Waals surface area contributed by atoms with Gasteiger partial charge in [-0.3, -0.25) is 4.98 Å². The van der Waals surface area contributed by atoms with Crippen LogP contribution in [-0.4, -0.2) is 9.55 Å². The molecule has 0 aliphatic carbocycles. The first kappa shape index (κ1) is 24.2. The number of anilines is 3. The average molecular weight is 568 g/mol. The predicted octanol–water partition coefficient (Wildman–Crippen LogP) is 11.2. The van der Waals surface area contributed by atoms with Gasteiger partial charge in [-0.15, -0.1) is 11.3 Å². The van der Waals surface area contributed by atoms with E-state index in [9.17, 15) is 0 Å². The molecule has 6 aromatic carbocycles. The van der Waals surface area contributed by atoms with Crippen molar-refractivity contribution >= 4 is 81.3 Å². The van der Waals surface area contributed by atoms with Gasteiger partial charge in [-0.25, -0.2) is 0 Å². The Morgan fingerprint density at radius 3 is 2.12 bits per heavy atom. The van der Waals surface area contributed by atoms with Crippen molar-refractivity contribution in [3.63, 3.8) is 0 Å². The second-order valence-corrected chi connectivity index (χ2v) is 12.0. The Labute approximate surface area is 252 Å². The standard InChI is InChI=1S/C39H25N3S/c1-2-11-28(12-3-1)41(31-17-16-26-9-4-5-10-27(26)23-31)29-18-20-30(21-19-29)42-35-14-8-22-40-39(35)34-24-33-32-13-6-7-15-37(32)43-38(33)25-36(34)42/h1-25H. The van der Waals surface area contributed by atoms with Crippen molar-refractivity contribution in [2.45, 2.75) is 0 Å². The Hall–Kier alpha value is -5.45. The molecule has 9 aromatic rings. The molecular formula is C39H25N3S. The van der Waals surface area contributed by atoms with Crippen molar-refractivity contribution in [1.82, 2.24) is 9.55 Å². The van der Waals surface area contributed by atoms with Crippen molar-refractivity contribution in [3.8, 4) is 5.69 Å². The number of pyridine rings is 1. The zero-order valence-electron chi connectivity index (χ0n) is 23.2. The molecule has 9 rings (SSSR count). The fourth-order valence-corrected chi connectivity index (χ4v) is 7.54. The Kier molecular flexibility index (Phi) is 5.37. The number of nitrogens with zero attached hydrogens (tertiary/aromatic N) is 3. The Bertz CT molecular complexity index is 2450. The first-order valence-electron chi connectivity index (χ1n) is 14.5. The maximum atomic E-state index is 4.85. The van der Waals surface area contributed by atoms with Crippen LogP contribution in [0, 0.1) is 0 Å². The molecular weight excluding hydrogens is 543 g/mol. The van der Waals surface area contributed by atoms with Crippen molar-refractivity contribution in [3.05, 3.63) is 152 Å². The highest BCUT2D eigenvalue weighted by atomic mass is 32.1. The van der Waals surface area contributed by atoms with Crippen molar-refractivity contribution in [2.75, 3.05) is 4.90 Å². The topological polar surface area (TPSA) is 21.1 Å². The van der Waals surface area contributed by atoms with E-state index in [0.29, 0.717) is 0 Å². The highest BCUT2D eigenvalue weighted by Gasteiger charge is 2.18. The molecule has 0 saturated heterocycles. The van der Waals surface area contributed by atoms with Gasteiger partial charge in [-0.1, -0.05) is 66.7 Å². The predicted molar refractivity (Wildman–Crippen MR) is 184 cm³/mol. The smallest absolute Gasteiger partial charge is 0.0963 e. The van der Waals surface area contributed by atoms with Gasteiger partial charge in [0.15, 0.2) is 0 Å². The Morgan fingerprint density at radius 2 is 1.23 bits per heavy atom. The van der Waals surface area contributed by atoms with E-state index in [2.05, 4.69) is 149 Å². The van der Waals surface area contributed by atoms with E-state index in [1.165, 1.54) is 41.8 Å². The summed E-state index contributed by atoms with van der Waals surface area (Å²) in [5.41, 5.74) is 7.79. The molecule has 0 N–H and O–H groups in total. The van der Waals surface area contributed by atoms with Crippen LogP contribution in [0.4, 0.5) is 17.1 Å². The lowest BCUT2D eigenvalue weighted by Gasteiger charge is -2.26. The van der Waals surface area contributed by atoms with Crippen molar-refractivity contribution < 1.29 is 0 Å². The van der Waals surface area contributed by atoms with Crippen LogP contribution in [0.3, 0.4) is 0 Å². The molecule has 4 heteroatoms. The van der Waals surface area contributed by atoms with Gasteiger partial charge in [-0.05, 0) is 89.6 Å². The third-order valence-corrected chi connectivity index (χ3v) is 9.52. The lowest BCUT2D eigenvalue weighted by molar-refractivity contribution is 1.17. The van der Waals surface area contributed by atoms with Gasteiger partial charge in [0.2, 0.25) is 0 Å². The quantitative estimate of drug-likeness (QED) is 0.211. The van der Waals surface area contributed by atoms with Crippen LogP contribution in [0.1, 0.15) is 0 Å². The molecule has 0 aliphatic rings. The summed E-state index contributed by atoms with van der Waals surface area (Å²) in [6.07, 6.45) is 1.90. The maximum Gasteiger partial charge on any atom is 0.0963 e. The molecule has 0 amide bonds. The fraction of sp³-hybridized carbons (Fsp3) is 0. The highest BCUT2D eigenvalue weighted by molar-refractivity contribution is 7.25. The number of thiophene rings is 1. The number of fused-ring (bicyclic) bond motifs is 7. The first-order chi connectivity index (χ1) is 21.3. The van der Waals surface area contributed by atoms with E-state index in [0.717, 1.165) is 33.8 Å². The van der Waals surface area contributed by atoms with E-state index in [1.807, 2.05) is 23.6 Å². The summed E-state index contributed by atoms with van der Waals surface area (Å²) < 4.78 is 4.96. The van der Waals surface area contributed by atoms with Crippen molar-refractivity contribution in [1.29, 1.82) is 0 Å². The lowest BCUT2D eigenvalue weighted by atomic mass is 10.1. The zero-order valence-corrected chi connectivity index (χ0v) is 24.0. The molecule has 0 bridgehead atoms. The van der Waals surface area contributed by atoms with Crippen LogP contribution in [0.5, 0.6) is 0 Å². The summed E-state index contributed by atoms with van der Waals surface area (Å²) in [7, 11) is 0. The van der Waals surface area contributed by atoms with Crippen LogP contribution < -0.4 is 4.90 Å². The van der Waals surface area contributed by atoms with Crippen LogP contribution in [0.2, 0.25) is 0 Å². The number of rotatable bonds is 4. The van der Waals surface area contributed by atoms with Gasteiger partial charge in [0.25, 0.3) is 0 Å². The molecule has 0 radical (unpaired) electrons. The molecule has 3 nitrogen and oxygen atoms in total. The van der Waals surface area contributed by atoms with Gasteiger partial charge in [0.1, 0.15) is 0 Å². The Balaban J connectivity index is 1.22. The summed E-state index contributed by atoms with van der Waals surface area (Å²) in [6, 6.07) is 52.2. The minimum Gasteiger partial charge on any atom is -0.310 e. The molecule has 202 valence electrons.